The van der Waals surface area contributed by atoms with Crippen molar-refractivity contribution in [3.8, 4) is 5.69 Å². The fraction of sp³-hybridized carbons (Fsp3) is 0.368. The summed E-state index contributed by atoms with van der Waals surface area (Å²) < 4.78 is 1.67. The van der Waals surface area contributed by atoms with Gasteiger partial charge in [-0.2, -0.15) is 0 Å². The van der Waals surface area contributed by atoms with Crippen LogP contribution in [-0.4, -0.2) is 55.1 Å². The number of aliphatic hydroxyl groups is 1. The Morgan fingerprint density at radius 2 is 2.15 bits per heavy atom. The van der Waals surface area contributed by atoms with Gasteiger partial charge in [0.1, 0.15) is 0 Å². The van der Waals surface area contributed by atoms with Gasteiger partial charge in [-0.25, -0.2) is 4.68 Å². The zero-order chi connectivity index (χ0) is 18.3. The second-order valence-corrected chi connectivity index (χ2v) is 6.80. The van der Waals surface area contributed by atoms with Crippen LogP contribution in [0, 0.1) is 6.92 Å². The number of carbonyl (C=O) groups excluding carboxylic acids is 1. The number of aliphatic hydroxyl groups excluding tert-OH is 1. The van der Waals surface area contributed by atoms with Crippen molar-refractivity contribution in [3.05, 3.63) is 47.9 Å². The molecule has 134 valence electrons. The van der Waals surface area contributed by atoms with Crippen LogP contribution in [0.15, 0.2) is 36.5 Å². The summed E-state index contributed by atoms with van der Waals surface area (Å²) in [5.41, 5.74) is 2.73. The Hall–Kier alpha value is -2.80. The summed E-state index contributed by atoms with van der Waals surface area (Å²) in [6, 6.07) is 9.53. The van der Waals surface area contributed by atoms with Gasteiger partial charge in [0.2, 0.25) is 0 Å². The number of aromatic nitrogens is 4. The number of hydrogen-bond donors (Lipinski definition) is 1. The third kappa shape index (κ3) is 2.74. The molecule has 7 nitrogen and oxygen atoms in total. The molecule has 1 aliphatic carbocycles. The quantitative estimate of drug-likeness (QED) is 0.781. The number of likely N-dealkylation sites (N-methyl/N-ethyl adjacent to an activating group) is 1. The van der Waals surface area contributed by atoms with Crippen LogP contribution in [0.4, 0.5) is 0 Å². The lowest BCUT2D eigenvalue weighted by Gasteiger charge is -2.26. The third-order valence-electron chi connectivity index (χ3n) is 5.19. The normalized spacial score (nSPS) is 19.8. The van der Waals surface area contributed by atoms with Gasteiger partial charge in [-0.3, -0.25) is 9.78 Å². The smallest absolute Gasteiger partial charge is 0.276 e. The van der Waals surface area contributed by atoms with E-state index in [1.807, 2.05) is 37.3 Å². The lowest BCUT2D eigenvalue weighted by atomic mass is 10.1. The standard InChI is InChI=1S/C19H21N5O2/c1-12-18(19(26)23(2)16-6-3-7-17(16)25)21-22-24(12)14-8-9-15-13(11-14)5-4-10-20-15/h4-5,8-11,16-17,25H,3,6-7H2,1-2H3/t16-,17-/m1/s1. The second-order valence-electron chi connectivity index (χ2n) is 6.80. The molecule has 0 bridgehead atoms. The van der Waals surface area contributed by atoms with Gasteiger partial charge in [-0.15, -0.1) is 5.10 Å². The molecule has 0 radical (unpaired) electrons. The van der Waals surface area contributed by atoms with Crippen LogP contribution >= 0.6 is 0 Å². The van der Waals surface area contributed by atoms with Crippen LogP contribution in [-0.2, 0) is 0 Å². The van der Waals surface area contributed by atoms with Crippen molar-refractivity contribution in [2.24, 2.45) is 0 Å². The zero-order valence-electron chi connectivity index (χ0n) is 14.8. The van der Waals surface area contributed by atoms with Gasteiger partial charge in [0.05, 0.1) is 29.0 Å². The van der Waals surface area contributed by atoms with E-state index in [4.69, 9.17) is 0 Å². The Labute approximate surface area is 151 Å². The minimum Gasteiger partial charge on any atom is -0.391 e. The van der Waals surface area contributed by atoms with Gasteiger partial charge >= 0.3 is 0 Å². The maximum Gasteiger partial charge on any atom is 0.276 e. The molecule has 2 aromatic heterocycles. The van der Waals surface area contributed by atoms with Crippen LogP contribution in [0.1, 0.15) is 35.4 Å². The van der Waals surface area contributed by atoms with Gasteiger partial charge in [0.25, 0.3) is 5.91 Å². The fourth-order valence-corrected chi connectivity index (χ4v) is 3.66. The van der Waals surface area contributed by atoms with Gasteiger partial charge in [0.15, 0.2) is 5.69 Å². The summed E-state index contributed by atoms with van der Waals surface area (Å²) in [5, 5.41) is 19.4. The van der Waals surface area contributed by atoms with E-state index in [2.05, 4.69) is 15.3 Å². The highest BCUT2D eigenvalue weighted by molar-refractivity contribution is 5.93. The third-order valence-corrected chi connectivity index (χ3v) is 5.19. The Morgan fingerprint density at radius 1 is 1.31 bits per heavy atom. The number of rotatable bonds is 3. The highest BCUT2D eigenvalue weighted by Gasteiger charge is 2.33. The summed E-state index contributed by atoms with van der Waals surface area (Å²) in [4.78, 5) is 18.8. The van der Waals surface area contributed by atoms with Crippen LogP contribution in [0.3, 0.4) is 0 Å². The first-order chi connectivity index (χ1) is 12.6. The summed E-state index contributed by atoms with van der Waals surface area (Å²) in [5.74, 6) is -0.206. The second kappa shape index (κ2) is 6.49. The van der Waals surface area contributed by atoms with E-state index in [0.717, 1.165) is 35.9 Å². The average molecular weight is 351 g/mol. The topological polar surface area (TPSA) is 84.1 Å². The SMILES string of the molecule is Cc1c(C(=O)N(C)[C@@H]2CCC[C@H]2O)nnn1-c1ccc2ncccc2c1. The number of pyridine rings is 1. The van der Waals surface area contributed by atoms with Crippen molar-refractivity contribution in [1.82, 2.24) is 24.9 Å². The van der Waals surface area contributed by atoms with E-state index in [0.29, 0.717) is 11.4 Å². The molecular weight excluding hydrogens is 330 g/mol. The zero-order valence-corrected chi connectivity index (χ0v) is 14.8. The van der Waals surface area contributed by atoms with Gasteiger partial charge < -0.3 is 10.0 Å². The van der Waals surface area contributed by atoms with Crippen LogP contribution < -0.4 is 0 Å². The van der Waals surface area contributed by atoms with Crippen molar-refractivity contribution in [2.75, 3.05) is 7.05 Å². The first-order valence-electron chi connectivity index (χ1n) is 8.79. The molecule has 2 heterocycles. The van der Waals surface area contributed by atoms with Crippen molar-refractivity contribution in [2.45, 2.75) is 38.3 Å². The minimum absolute atomic E-state index is 0.154. The maximum atomic E-state index is 12.8. The number of hydrogen-bond acceptors (Lipinski definition) is 5. The van der Waals surface area contributed by atoms with Crippen molar-refractivity contribution >= 4 is 16.8 Å². The largest absolute Gasteiger partial charge is 0.391 e. The van der Waals surface area contributed by atoms with Gasteiger partial charge in [-0.1, -0.05) is 11.3 Å². The molecule has 1 aromatic carbocycles. The predicted octanol–water partition coefficient (Wildman–Crippen LogP) is 2.11. The van der Waals surface area contributed by atoms with E-state index >= 15 is 0 Å². The number of fused-ring (bicyclic) bond motifs is 1. The fourth-order valence-electron chi connectivity index (χ4n) is 3.66. The molecule has 1 saturated carbocycles. The van der Waals surface area contributed by atoms with E-state index in [-0.39, 0.29) is 11.9 Å². The highest BCUT2D eigenvalue weighted by atomic mass is 16.3. The monoisotopic (exact) mass is 351 g/mol. The molecular formula is C19H21N5O2. The molecule has 26 heavy (non-hydrogen) atoms. The first-order valence-corrected chi connectivity index (χ1v) is 8.79. The lowest BCUT2D eigenvalue weighted by molar-refractivity contribution is 0.0533. The molecule has 7 heteroatoms. The predicted molar refractivity (Wildman–Crippen MR) is 97.1 cm³/mol. The Bertz CT molecular complexity index is 967. The molecule has 0 unspecified atom stereocenters. The van der Waals surface area contributed by atoms with Crippen molar-refractivity contribution in [3.63, 3.8) is 0 Å². The minimum atomic E-state index is -0.465. The molecule has 4 rings (SSSR count). The van der Waals surface area contributed by atoms with E-state index in [1.54, 1.807) is 22.8 Å². The van der Waals surface area contributed by atoms with Crippen LogP contribution in [0.25, 0.3) is 16.6 Å². The molecule has 1 N–H and O–H groups in total. The molecule has 0 aliphatic heterocycles. The summed E-state index contributed by atoms with van der Waals surface area (Å²) in [6.45, 7) is 1.83. The molecule has 1 amide bonds. The summed E-state index contributed by atoms with van der Waals surface area (Å²) >= 11 is 0. The number of carbonyl (C=O) groups is 1. The highest BCUT2D eigenvalue weighted by Crippen LogP contribution is 2.25. The van der Waals surface area contributed by atoms with Gasteiger partial charge in [0, 0.05) is 18.6 Å². The van der Waals surface area contributed by atoms with E-state index in [1.165, 1.54) is 0 Å². The Morgan fingerprint density at radius 3 is 2.92 bits per heavy atom. The summed E-state index contributed by atoms with van der Waals surface area (Å²) in [6.07, 6.45) is 3.77. The Balaban J connectivity index is 1.66. The van der Waals surface area contributed by atoms with Gasteiger partial charge in [-0.05, 0) is 50.5 Å². The molecule has 0 spiro atoms. The van der Waals surface area contributed by atoms with E-state index in [9.17, 15) is 9.90 Å². The van der Waals surface area contributed by atoms with E-state index < -0.39 is 6.10 Å². The molecule has 3 aromatic rings. The molecule has 1 fully saturated rings. The first kappa shape index (κ1) is 16.7. The average Bonchev–Trinajstić information content (AvgIpc) is 3.25. The molecule has 2 atom stereocenters. The van der Waals surface area contributed by atoms with Crippen LogP contribution in [0.5, 0.6) is 0 Å². The maximum absolute atomic E-state index is 12.8. The number of nitrogens with zero attached hydrogens (tertiary/aromatic N) is 5. The van der Waals surface area contributed by atoms with Crippen LogP contribution in [0.2, 0.25) is 0 Å². The number of benzene rings is 1. The lowest BCUT2D eigenvalue weighted by Crippen LogP contribution is -2.42. The molecule has 1 aliphatic rings. The Kier molecular flexibility index (Phi) is 4.16. The molecule has 0 saturated heterocycles. The van der Waals surface area contributed by atoms with Crippen molar-refractivity contribution < 1.29 is 9.90 Å². The summed E-state index contributed by atoms with van der Waals surface area (Å²) in [7, 11) is 1.72. The van der Waals surface area contributed by atoms with Crippen molar-refractivity contribution in [1.29, 1.82) is 0 Å². The number of amides is 1.